The lowest BCUT2D eigenvalue weighted by Gasteiger charge is -2.33. The van der Waals surface area contributed by atoms with Crippen LogP contribution in [0, 0.1) is 5.92 Å². The zero-order valence-corrected chi connectivity index (χ0v) is 9.18. The van der Waals surface area contributed by atoms with Crippen molar-refractivity contribution in [2.75, 3.05) is 6.54 Å². The first-order valence-electron chi connectivity index (χ1n) is 5.57. The van der Waals surface area contributed by atoms with Crippen LogP contribution < -0.4 is 5.32 Å². The molecule has 2 N–H and O–H groups in total. The first-order valence-corrected chi connectivity index (χ1v) is 5.57. The smallest absolute Gasteiger partial charge is 0.305 e. The van der Waals surface area contributed by atoms with Crippen molar-refractivity contribution >= 4 is 5.97 Å². The van der Waals surface area contributed by atoms with Gasteiger partial charge in [-0.25, -0.2) is 0 Å². The summed E-state index contributed by atoms with van der Waals surface area (Å²) < 4.78 is 0. The van der Waals surface area contributed by atoms with E-state index in [-0.39, 0.29) is 12.0 Å². The van der Waals surface area contributed by atoms with Crippen LogP contribution in [0.1, 0.15) is 46.0 Å². The number of hydrogen-bond acceptors (Lipinski definition) is 2. The highest BCUT2D eigenvalue weighted by Gasteiger charge is 2.41. The van der Waals surface area contributed by atoms with Gasteiger partial charge in [-0.1, -0.05) is 20.3 Å². The molecule has 0 spiro atoms. The van der Waals surface area contributed by atoms with Crippen LogP contribution in [0.4, 0.5) is 0 Å². The van der Waals surface area contributed by atoms with Crippen molar-refractivity contribution < 1.29 is 9.90 Å². The largest absolute Gasteiger partial charge is 0.481 e. The van der Waals surface area contributed by atoms with E-state index in [0.29, 0.717) is 5.92 Å². The van der Waals surface area contributed by atoms with Crippen molar-refractivity contribution in [1.82, 2.24) is 5.32 Å². The first-order chi connectivity index (χ1) is 6.60. The van der Waals surface area contributed by atoms with Gasteiger partial charge in [0.05, 0.1) is 6.42 Å². The van der Waals surface area contributed by atoms with E-state index < -0.39 is 5.97 Å². The molecule has 1 saturated carbocycles. The number of hydrogen-bond donors (Lipinski definition) is 2. The van der Waals surface area contributed by atoms with Gasteiger partial charge in [0.15, 0.2) is 0 Å². The summed E-state index contributed by atoms with van der Waals surface area (Å²) in [6, 6.07) is 0. The highest BCUT2D eigenvalue weighted by atomic mass is 16.4. The van der Waals surface area contributed by atoms with Gasteiger partial charge in [0, 0.05) is 5.54 Å². The van der Waals surface area contributed by atoms with Gasteiger partial charge in [-0.2, -0.15) is 0 Å². The second-order valence-electron chi connectivity index (χ2n) is 4.45. The van der Waals surface area contributed by atoms with Gasteiger partial charge in [-0.3, -0.25) is 4.79 Å². The molecule has 82 valence electrons. The number of aliphatic carboxylic acids is 1. The summed E-state index contributed by atoms with van der Waals surface area (Å²) >= 11 is 0. The van der Waals surface area contributed by atoms with Crippen LogP contribution in [0.25, 0.3) is 0 Å². The van der Waals surface area contributed by atoms with Crippen molar-refractivity contribution in [3.05, 3.63) is 0 Å². The summed E-state index contributed by atoms with van der Waals surface area (Å²) in [6.45, 7) is 5.21. The van der Waals surface area contributed by atoms with Crippen molar-refractivity contribution in [3.8, 4) is 0 Å². The molecule has 0 heterocycles. The number of rotatable bonds is 5. The lowest BCUT2D eigenvalue weighted by molar-refractivity contribution is -0.139. The van der Waals surface area contributed by atoms with Gasteiger partial charge in [0.2, 0.25) is 0 Å². The molecule has 0 radical (unpaired) electrons. The van der Waals surface area contributed by atoms with Crippen LogP contribution in [0.5, 0.6) is 0 Å². The Kier molecular flexibility index (Phi) is 3.93. The molecule has 0 aromatic rings. The lowest BCUT2D eigenvalue weighted by Crippen LogP contribution is -2.49. The molecular formula is C11H21NO2. The second-order valence-corrected chi connectivity index (χ2v) is 4.45. The summed E-state index contributed by atoms with van der Waals surface area (Å²) in [5, 5.41) is 12.4. The standard InChI is InChI=1S/C11H21NO2/c1-3-7-12-11(8-10(13)14)6-4-5-9(11)2/h9,12H,3-8H2,1-2H3,(H,13,14). The molecule has 0 aromatic carbocycles. The molecule has 2 atom stereocenters. The minimum absolute atomic E-state index is 0.123. The van der Waals surface area contributed by atoms with Gasteiger partial charge >= 0.3 is 5.97 Å². The van der Waals surface area contributed by atoms with Gasteiger partial charge in [-0.05, 0) is 31.7 Å². The topological polar surface area (TPSA) is 49.3 Å². The molecular weight excluding hydrogens is 178 g/mol. The lowest BCUT2D eigenvalue weighted by atomic mass is 9.85. The molecule has 1 fully saturated rings. The van der Waals surface area contributed by atoms with E-state index in [1.807, 2.05) is 0 Å². The number of nitrogens with one attached hydrogen (secondary N) is 1. The summed E-state index contributed by atoms with van der Waals surface area (Å²) in [5.41, 5.74) is -0.123. The van der Waals surface area contributed by atoms with Crippen LogP contribution in [-0.2, 0) is 4.79 Å². The van der Waals surface area contributed by atoms with Crippen molar-refractivity contribution in [3.63, 3.8) is 0 Å². The molecule has 1 aliphatic rings. The average molecular weight is 199 g/mol. The van der Waals surface area contributed by atoms with Crippen molar-refractivity contribution in [1.29, 1.82) is 0 Å². The monoisotopic (exact) mass is 199 g/mol. The second kappa shape index (κ2) is 4.78. The normalized spacial score (nSPS) is 32.0. The first kappa shape index (κ1) is 11.5. The predicted octanol–water partition coefficient (Wildman–Crippen LogP) is 2.02. The Labute approximate surface area is 85.9 Å². The SMILES string of the molecule is CCCNC1(CC(=O)O)CCCC1C. The van der Waals surface area contributed by atoms with E-state index in [1.54, 1.807) is 0 Å². The maximum atomic E-state index is 10.8. The summed E-state index contributed by atoms with van der Waals surface area (Å²) in [7, 11) is 0. The number of carboxylic acids is 1. The molecule has 0 amide bonds. The van der Waals surface area contributed by atoms with Crippen LogP contribution >= 0.6 is 0 Å². The van der Waals surface area contributed by atoms with E-state index in [2.05, 4.69) is 19.2 Å². The number of carboxylic acid groups (broad SMARTS) is 1. The van der Waals surface area contributed by atoms with E-state index >= 15 is 0 Å². The fourth-order valence-corrected chi connectivity index (χ4v) is 2.48. The molecule has 3 heteroatoms. The molecule has 0 bridgehead atoms. The van der Waals surface area contributed by atoms with Crippen LogP contribution in [0.3, 0.4) is 0 Å². The Balaban J connectivity index is 2.62. The molecule has 3 nitrogen and oxygen atoms in total. The summed E-state index contributed by atoms with van der Waals surface area (Å²) in [4.78, 5) is 10.8. The highest BCUT2D eigenvalue weighted by molar-refractivity contribution is 5.68. The molecule has 1 rings (SSSR count). The Bertz CT molecular complexity index is 205. The maximum absolute atomic E-state index is 10.8. The third kappa shape index (κ3) is 2.47. The van der Waals surface area contributed by atoms with Crippen molar-refractivity contribution in [2.24, 2.45) is 5.92 Å². The molecule has 0 aromatic heterocycles. The zero-order valence-electron chi connectivity index (χ0n) is 9.18. The molecule has 0 saturated heterocycles. The van der Waals surface area contributed by atoms with Gasteiger partial charge < -0.3 is 10.4 Å². The Morgan fingerprint density at radius 3 is 2.79 bits per heavy atom. The quantitative estimate of drug-likeness (QED) is 0.712. The van der Waals surface area contributed by atoms with Crippen molar-refractivity contribution in [2.45, 2.75) is 51.5 Å². The van der Waals surface area contributed by atoms with E-state index in [9.17, 15) is 4.79 Å². The maximum Gasteiger partial charge on any atom is 0.305 e. The third-order valence-corrected chi connectivity index (χ3v) is 3.40. The zero-order chi connectivity index (χ0) is 10.6. The van der Waals surface area contributed by atoms with Gasteiger partial charge in [0.25, 0.3) is 0 Å². The summed E-state index contributed by atoms with van der Waals surface area (Å²) in [6.07, 6.45) is 4.66. The Morgan fingerprint density at radius 1 is 1.64 bits per heavy atom. The fourth-order valence-electron chi connectivity index (χ4n) is 2.48. The van der Waals surface area contributed by atoms with Gasteiger partial charge in [-0.15, -0.1) is 0 Å². The molecule has 0 aliphatic heterocycles. The van der Waals surface area contributed by atoms with E-state index in [4.69, 9.17) is 5.11 Å². The fraction of sp³-hybridized carbons (Fsp3) is 0.909. The molecule has 14 heavy (non-hydrogen) atoms. The average Bonchev–Trinajstić information content (AvgIpc) is 2.44. The van der Waals surface area contributed by atoms with Crippen LogP contribution in [-0.4, -0.2) is 23.2 Å². The highest BCUT2D eigenvalue weighted by Crippen LogP contribution is 2.37. The van der Waals surface area contributed by atoms with Gasteiger partial charge in [0.1, 0.15) is 0 Å². The van der Waals surface area contributed by atoms with Crippen LogP contribution in [0.2, 0.25) is 0 Å². The minimum Gasteiger partial charge on any atom is -0.481 e. The van der Waals surface area contributed by atoms with E-state index in [1.165, 1.54) is 0 Å². The molecule has 2 unspecified atom stereocenters. The minimum atomic E-state index is -0.678. The predicted molar refractivity (Wildman–Crippen MR) is 56.3 cm³/mol. The summed E-state index contributed by atoms with van der Waals surface area (Å²) in [5.74, 6) is -0.187. The third-order valence-electron chi connectivity index (χ3n) is 3.40. The molecule has 1 aliphatic carbocycles. The Hall–Kier alpha value is -0.570. The van der Waals surface area contributed by atoms with Crippen LogP contribution in [0.15, 0.2) is 0 Å². The number of carbonyl (C=O) groups is 1. The van der Waals surface area contributed by atoms with E-state index in [0.717, 1.165) is 32.2 Å². The Morgan fingerprint density at radius 2 is 2.36 bits per heavy atom.